The molecule has 0 saturated carbocycles. The molecule has 1 aliphatic carbocycles. The Morgan fingerprint density at radius 1 is 1.41 bits per heavy atom. The lowest BCUT2D eigenvalue weighted by molar-refractivity contribution is -0.169. The number of nitrogens with one attached hydrogen (secondary N) is 1. The van der Waals surface area contributed by atoms with Crippen LogP contribution in [0, 0.1) is 5.41 Å². The second kappa shape index (κ2) is 9.46. The molecule has 1 spiro atoms. The molecule has 3 heterocycles. The third-order valence-corrected chi connectivity index (χ3v) is 8.47. The first-order valence-electron chi connectivity index (χ1n) is 11.5. The molecular formula is C23H35N3O5S. The number of pyridine rings is 1. The highest BCUT2D eigenvalue weighted by Crippen LogP contribution is 2.52. The molecule has 2 saturated heterocycles. The van der Waals surface area contributed by atoms with Gasteiger partial charge in [0.1, 0.15) is 4.75 Å². The van der Waals surface area contributed by atoms with Gasteiger partial charge in [0.15, 0.2) is 6.29 Å². The molecule has 4 rings (SSSR count). The van der Waals surface area contributed by atoms with Crippen LogP contribution in [0.3, 0.4) is 0 Å². The Balaban J connectivity index is 1.53. The highest BCUT2D eigenvalue weighted by Gasteiger charge is 2.51. The third kappa shape index (κ3) is 5.07. The van der Waals surface area contributed by atoms with E-state index in [-0.39, 0.29) is 17.7 Å². The van der Waals surface area contributed by atoms with Crippen LogP contribution in [0.15, 0.2) is 12.3 Å². The molecule has 3 atom stereocenters. The number of nitrogens with zero attached hydrogens (tertiary/aromatic N) is 2. The number of rotatable bonds is 5. The summed E-state index contributed by atoms with van der Waals surface area (Å²) in [6, 6.07) is 1.99. The van der Waals surface area contributed by atoms with Crippen LogP contribution in [-0.2, 0) is 33.9 Å². The van der Waals surface area contributed by atoms with Gasteiger partial charge in [-0.25, -0.2) is 4.79 Å². The van der Waals surface area contributed by atoms with Crippen LogP contribution in [0.25, 0.3) is 0 Å². The summed E-state index contributed by atoms with van der Waals surface area (Å²) in [5.74, 6) is 0. The van der Waals surface area contributed by atoms with Crippen LogP contribution in [-0.4, -0.2) is 56.4 Å². The van der Waals surface area contributed by atoms with Crippen LogP contribution in [0.1, 0.15) is 75.7 Å². The van der Waals surface area contributed by atoms with E-state index in [0.29, 0.717) is 19.7 Å². The molecule has 178 valence electrons. The average molecular weight is 466 g/mol. The molecule has 1 aromatic rings. The summed E-state index contributed by atoms with van der Waals surface area (Å²) in [6.45, 7) is 8.01. The largest absolute Gasteiger partial charge is 0.598 e. The number of fused-ring (bicyclic) bond motifs is 1. The molecule has 0 bridgehead atoms. The minimum absolute atomic E-state index is 0.113. The summed E-state index contributed by atoms with van der Waals surface area (Å²) in [4.78, 5) is 17.6. The van der Waals surface area contributed by atoms with Crippen molar-refractivity contribution in [2.45, 2.75) is 83.0 Å². The summed E-state index contributed by atoms with van der Waals surface area (Å²) < 4.78 is 27.6. The van der Waals surface area contributed by atoms with Crippen molar-refractivity contribution in [1.82, 2.24) is 14.6 Å². The van der Waals surface area contributed by atoms with Crippen LogP contribution in [0.2, 0.25) is 0 Å². The highest BCUT2D eigenvalue weighted by molar-refractivity contribution is 7.90. The van der Waals surface area contributed by atoms with Gasteiger partial charge in [-0.05, 0) is 76.5 Å². The van der Waals surface area contributed by atoms with Crippen molar-refractivity contribution in [3.05, 3.63) is 29.1 Å². The monoisotopic (exact) mass is 465 g/mol. The summed E-state index contributed by atoms with van der Waals surface area (Å²) in [5, 5.41) is 9.39. The number of carbonyl (C=O) groups is 1. The van der Waals surface area contributed by atoms with E-state index in [4.69, 9.17) is 9.47 Å². The highest BCUT2D eigenvalue weighted by atomic mass is 32.2. The Bertz CT molecular complexity index is 816. The molecule has 8 nitrogen and oxygen atoms in total. The second-order valence-corrected chi connectivity index (χ2v) is 12.2. The van der Waals surface area contributed by atoms with Crippen molar-refractivity contribution in [3.8, 4) is 0 Å². The Kier molecular flexibility index (Phi) is 7.03. The molecule has 1 unspecified atom stereocenters. The minimum atomic E-state index is -1.24. The van der Waals surface area contributed by atoms with Gasteiger partial charge in [0, 0.05) is 42.7 Å². The van der Waals surface area contributed by atoms with E-state index in [2.05, 4.69) is 15.8 Å². The first-order chi connectivity index (χ1) is 15.2. The molecule has 1 amide bonds. The molecule has 32 heavy (non-hydrogen) atoms. The molecule has 0 radical (unpaired) electrons. The fourth-order valence-electron chi connectivity index (χ4n) is 4.96. The third-order valence-electron chi connectivity index (χ3n) is 6.91. The SMILES string of the molecule is CC(C)(C)[S+]([O-])N[C@@H]1c2cnc(CO[C@@H]3CCCCO3)cc2CC12CCN(C(=O)O)CC2. The predicted octanol–water partition coefficient (Wildman–Crippen LogP) is 3.53. The number of hydrogen-bond donors (Lipinski definition) is 2. The lowest BCUT2D eigenvalue weighted by Crippen LogP contribution is -2.50. The number of ether oxygens (including phenoxy) is 2. The quantitative estimate of drug-likeness (QED) is 0.641. The van der Waals surface area contributed by atoms with Gasteiger partial charge < -0.3 is 24.0 Å². The lowest BCUT2D eigenvalue weighted by atomic mass is 9.73. The lowest BCUT2D eigenvalue weighted by Gasteiger charge is -2.43. The van der Waals surface area contributed by atoms with Crippen molar-refractivity contribution in [1.29, 1.82) is 0 Å². The van der Waals surface area contributed by atoms with Gasteiger partial charge in [-0.2, -0.15) is 0 Å². The average Bonchev–Trinajstić information content (AvgIpc) is 3.04. The van der Waals surface area contributed by atoms with Crippen molar-refractivity contribution in [3.63, 3.8) is 0 Å². The number of likely N-dealkylation sites (tertiary alicyclic amines) is 1. The minimum Gasteiger partial charge on any atom is -0.598 e. The molecule has 2 fully saturated rings. The summed E-state index contributed by atoms with van der Waals surface area (Å²) in [5.41, 5.74) is 2.97. The van der Waals surface area contributed by atoms with Crippen molar-refractivity contribution in [2.75, 3.05) is 19.7 Å². The van der Waals surface area contributed by atoms with Gasteiger partial charge in [0.05, 0.1) is 18.3 Å². The number of piperidine rings is 1. The van der Waals surface area contributed by atoms with E-state index in [1.807, 2.05) is 27.0 Å². The van der Waals surface area contributed by atoms with Crippen LogP contribution in [0.5, 0.6) is 0 Å². The maximum Gasteiger partial charge on any atom is 0.407 e. The van der Waals surface area contributed by atoms with Crippen LogP contribution < -0.4 is 4.72 Å². The zero-order valence-corrected chi connectivity index (χ0v) is 20.1. The Labute approximate surface area is 193 Å². The molecule has 3 aliphatic rings. The predicted molar refractivity (Wildman–Crippen MR) is 121 cm³/mol. The molecule has 2 aliphatic heterocycles. The first-order valence-corrected chi connectivity index (χ1v) is 12.7. The van der Waals surface area contributed by atoms with Gasteiger partial charge in [0.2, 0.25) is 0 Å². The van der Waals surface area contributed by atoms with Gasteiger partial charge in [-0.3, -0.25) is 4.98 Å². The maximum atomic E-state index is 13.0. The second-order valence-electron chi connectivity index (χ2n) is 10.2. The normalized spacial score (nSPS) is 26.2. The molecule has 1 aromatic heterocycles. The standard InChI is InChI=1S/C23H35N3O5S/c1-22(2,3)32(29)25-20-18-14-24-17(15-31-19-6-4-5-11-30-19)12-16(18)13-23(20)7-9-26(10-8-23)21(27)28/h12,14,19-20,25H,4-11,13,15H2,1-3H3,(H,27,28)/t19-,20-,32?/m1/s1. The first kappa shape index (κ1) is 23.8. The number of carboxylic acid groups (broad SMARTS) is 1. The molecule has 0 aromatic carbocycles. The number of amides is 1. The Morgan fingerprint density at radius 3 is 2.78 bits per heavy atom. The van der Waals surface area contributed by atoms with Gasteiger partial charge in [0.25, 0.3) is 0 Å². The number of hydrogen-bond acceptors (Lipinski definition) is 6. The van der Waals surface area contributed by atoms with E-state index in [1.54, 1.807) is 0 Å². The summed E-state index contributed by atoms with van der Waals surface area (Å²) >= 11 is -1.24. The van der Waals surface area contributed by atoms with E-state index >= 15 is 0 Å². The van der Waals surface area contributed by atoms with E-state index in [1.165, 1.54) is 10.5 Å². The topological polar surface area (TPSA) is 107 Å². The fourth-order valence-corrected chi connectivity index (χ4v) is 5.91. The van der Waals surface area contributed by atoms with E-state index in [9.17, 15) is 14.5 Å². The van der Waals surface area contributed by atoms with Gasteiger partial charge in [-0.15, -0.1) is 4.72 Å². The maximum absolute atomic E-state index is 13.0. The van der Waals surface area contributed by atoms with Gasteiger partial charge in [-0.1, -0.05) is 0 Å². The van der Waals surface area contributed by atoms with E-state index < -0.39 is 22.2 Å². The fraction of sp³-hybridized carbons (Fsp3) is 0.739. The molecule has 2 N–H and O–H groups in total. The Morgan fingerprint density at radius 2 is 2.16 bits per heavy atom. The zero-order chi connectivity index (χ0) is 22.9. The molecule has 9 heteroatoms. The number of aromatic nitrogens is 1. The zero-order valence-electron chi connectivity index (χ0n) is 19.3. The Hall–Kier alpha value is -1.39. The van der Waals surface area contributed by atoms with Crippen LogP contribution >= 0.6 is 0 Å². The van der Waals surface area contributed by atoms with E-state index in [0.717, 1.165) is 56.4 Å². The van der Waals surface area contributed by atoms with Crippen LogP contribution in [0.4, 0.5) is 4.79 Å². The molecular weight excluding hydrogens is 430 g/mol. The summed E-state index contributed by atoms with van der Waals surface area (Å²) in [7, 11) is 0. The summed E-state index contributed by atoms with van der Waals surface area (Å²) in [6.07, 6.45) is 6.27. The van der Waals surface area contributed by atoms with Crippen molar-refractivity contribution < 1.29 is 23.9 Å². The van der Waals surface area contributed by atoms with Gasteiger partial charge >= 0.3 is 6.09 Å². The van der Waals surface area contributed by atoms with Crippen molar-refractivity contribution in [2.24, 2.45) is 5.41 Å². The smallest absolute Gasteiger partial charge is 0.407 e. The van der Waals surface area contributed by atoms with Crippen molar-refractivity contribution >= 4 is 17.5 Å².